The molecule has 0 amide bonds. The maximum Gasteiger partial charge on any atom is 0.160 e. The van der Waals surface area contributed by atoms with Crippen molar-refractivity contribution in [1.29, 1.82) is 0 Å². The molecule has 0 fully saturated rings. The third kappa shape index (κ3) is 5.66. The number of para-hydroxylation sites is 1. The lowest BCUT2D eigenvalue weighted by atomic mass is 9.82. The van der Waals surface area contributed by atoms with Crippen LogP contribution in [0.3, 0.4) is 0 Å². The second-order valence-corrected chi connectivity index (χ2v) is 15.8. The monoisotopic (exact) mass is 742 g/mol. The van der Waals surface area contributed by atoms with Crippen molar-refractivity contribution in [2.75, 3.05) is 0 Å². The molecule has 0 aliphatic heterocycles. The highest BCUT2D eigenvalue weighted by Gasteiger charge is 2.36. The van der Waals surface area contributed by atoms with E-state index >= 15 is 0 Å². The SMILES string of the molecule is CC1(C)c2ccccc2-c2c(-c3cc(-c4cc(-c5cccc(-c6ccccc6)c5)cc(-c5ccc6oc7ccccc7c6c5)c4)nc(-c4ccccc4)n3)cccc21. The number of benzene rings is 8. The molecule has 10 aromatic rings. The van der Waals surface area contributed by atoms with Crippen molar-refractivity contribution < 1.29 is 4.42 Å². The molecule has 0 unspecified atom stereocenters. The van der Waals surface area contributed by atoms with E-state index in [-0.39, 0.29) is 5.41 Å². The Morgan fingerprint density at radius 2 is 0.914 bits per heavy atom. The number of hydrogen-bond donors (Lipinski definition) is 0. The van der Waals surface area contributed by atoms with Crippen molar-refractivity contribution in [3.63, 3.8) is 0 Å². The number of nitrogens with zero attached hydrogens (tertiary/aromatic N) is 2. The molecule has 0 N–H and O–H groups in total. The Kier molecular flexibility index (Phi) is 7.84. The second kappa shape index (κ2) is 13.4. The number of rotatable bonds is 6. The number of aromatic nitrogens is 2. The van der Waals surface area contributed by atoms with Crippen molar-refractivity contribution in [2.45, 2.75) is 19.3 Å². The van der Waals surface area contributed by atoms with Gasteiger partial charge in [-0.25, -0.2) is 9.97 Å². The molecule has 0 atom stereocenters. The van der Waals surface area contributed by atoms with Gasteiger partial charge in [0.05, 0.1) is 11.4 Å². The minimum atomic E-state index is -0.126. The van der Waals surface area contributed by atoms with Crippen molar-refractivity contribution in [3.8, 4) is 78.4 Å². The molecule has 0 spiro atoms. The fraction of sp³-hybridized carbons (Fsp3) is 0.0545. The van der Waals surface area contributed by atoms with E-state index in [1.807, 2.05) is 18.2 Å². The third-order valence-corrected chi connectivity index (χ3v) is 11.9. The lowest BCUT2D eigenvalue weighted by Gasteiger charge is -2.21. The van der Waals surface area contributed by atoms with Crippen LogP contribution in [-0.4, -0.2) is 9.97 Å². The maximum absolute atomic E-state index is 6.24. The summed E-state index contributed by atoms with van der Waals surface area (Å²) in [7, 11) is 0. The van der Waals surface area contributed by atoms with Gasteiger partial charge in [0.15, 0.2) is 5.82 Å². The van der Waals surface area contributed by atoms with Crippen molar-refractivity contribution in [2.24, 2.45) is 0 Å². The minimum absolute atomic E-state index is 0.126. The van der Waals surface area contributed by atoms with Gasteiger partial charge < -0.3 is 4.42 Å². The highest BCUT2D eigenvalue weighted by molar-refractivity contribution is 6.06. The third-order valence-electron chi connectivity index (χ3n) is 11.9. The zero-order valence-corrected chi connectivity index (χ0v) is 32.3. The first-order chi connectivity index (χ1) is 28.5. The van der Waals surface area contributed by atoms with E-state index < -0.39 is 0 Å². The quantitative estimate of drug-likeness (QED) is 0.170. The van der Waals surface area contributed by atoms with Crippen LogP contribution in [0, 0.1) is 0 Å². The van der Waals surface area contributed by atoms with Crippen LogP contribution in [0.25, 0.3) is 100 Å². The Labute approximate surface area is 338 Å². The van der Waals surface area contributed by atoms with Crippen LogP contribution < -0.4 is 0 Å². The molecule has 3 heteroatoms. The molecule has 2 heterocycles. The fourth-order valence-corrected chi connectivity index (χ4v) is 8.94. The summed E-state index contributed by atoms with van der Waals surface area (Å²) in [6.07, 6.45) is 0. The Morgan fingerprint density at radius 1 is 0.362 bits per heavy atom. The predicted molar refractivity (Wildman–Crippen MR) is 239 cm³/mol. The highest BCUT2D eigenvalue weighted by Crippen LogP contribution is 2.52. The van der Waals surface area contributed by atoms with Gasteiger partial charge in [-0.15, -0.1) is 0 Å². The van der Waals surface area contributed by atoms with Gasteiger partial charge in [-0.2, -0.15) is 0 Å². The second-order valence-electron chi connectivity index (χ2n) is 15.8. The van der Waals surface area contributed by atoms with E-state index in [1.165, 1.54) is 33.4 Å². The predicted octanol–water partition coefficient (Wildman–Crippen LogP) is 14.7. The first-order valence-corrected chi connectivity index (χ1v) is 19.9. The number of hydrogen-bond acceptors (Lipinski definition) is 3. The van der Waals surface area contributed by atoms with Gasteiger partial charge in [-0.1, -0.05) is 159 Å². The molecule has 1 aliphatic rings. The van der Waals surface area contributed by atoms with E-state index in [1.54, 1.807) is 0 Å². The topological polar surface area (TPSA) is 38.9 Å². The first-order valence-electron chi connectivity index (χ1n) is 19.9. The van der Waals surface area contributed by atoms with E-state index in [4.69, 9.17) is 14.4 Å². The number of furan rings is 1. The lowest BCUT2D eigenvalue weighted by Crippen LogP contribution is -2.14. The molecule has 0 saturated carbocycles. The molecule has 3 nitrogen and oxygen atoms in total. The van der Waals surface area contributed by atoms with Gasteiger partial charge in [0.2, 0.25) is 0 Å². The molecule has 11 rings (SSSR count). The number of fused-ring (bicyclic) bond motifs is 6. The summed E-state index contributed by atoms with van der Waals surface area (Å²) in [5.41, 5.74) is 18.5. The van der Waals surface area contributed by atoms with E-state index in [0.29, 0.717) is 5.82 Å². The molecular weight excluding hydrogens is 705 g/mol. The van der Waals surface area contributed by atoms with Crippen LogP contribution in [0.5, 0.6) is 0 Å². The van der Waals surface area contributed by atoms with Crippen LogP contribution in [-0.2, 0) is 5.41 Å². The average molecular weight is 743 g/mol. The first kappa shape index (κ1) is 33.9. The van der Waals surface area contributed by atoms with Crippen LogP contribution in [0.1, 0.15) is 25.0 Å². The summed E-state index contributed by atoms with van der Waals surface area (Å²) < 4.78 is 6.24. The van der Waals surface area contributed by atoms with Gasteiger partial charge >= 0.3 is 0 Å². The average Bonchev–Trinajstić information content (AvgIpc) is 3.78. The van der Waals surface area contributed by atoms with Crippen molar-refractivity contribution in [3.05, 3.63) is 205 Å². The Hall–Kier alpha value is -7.36. The van der Waals surface area contributed by atoms with Gasteiger partial charge in [0.1, 0.15) is 11.2 Å². The van der Waals surface area contributed by atoms with Gasteiger partial charge in [-0.3, -0.25) is 0 Å². The zero-order valence-electron chi connectivity index (χ0n) is 32.3. The smallest absolute Gasteiger partial charge is 0.160 e. The molecule has 1 aliphatic carbocycles. The van der Waals surface area contributed by atoms with Crippen molar-refractivity contribution in [1.82, 2.24) is 9.97 Å². The van der Waals surface area contributed by atoms with Crippen LogP contribution in [0.15, 0.2) is 199 Å². The molecular formula is C55H38N2O. The normalized spacial score (nSPS) is 12.8. The van der Waals surface area contributed by atoms with E-state index in [9.17, 15) is 0 Å². The summed E-state index contributed by atoms with van der Waals surface area (Å²) in [5, 5.41) is 2.21. The Bertz CT molecular complexity index is 3190. The summed E-state index contributed by atoms with van der Waals surface area (Å²) in [6, 6.07) is 69.1. The highest BCUT2D eigenvalue weighted by atomic mass is 16.3. The fourth-order valence-electron chi connectivity index (χ4n) is 8.94. The van der Waals surface area contributed by atoms with E-state index in [0.717, 1.165) is 72.3 Å². The van der Waals surface area contributed by atoms with Crippen LogP contribution >= 0.6 is 0 Å². The van der Waals surface area contributed by atoms with Crippen LogP contribution in [0.2, 0.25) is 0 Å². The molecule has 0 saturated heterocycles. The van der Waals surface area contributed by atoms with Gasteiger partial charge in [0.25, 0.3) is 0 Å². The molecule has 58 heavy (non-hydrogen) atoms. The van der Waals surface area contributed by atoms with Gasteiger partial charge in [-0.05, 0) is 104 Å². The van der Waals surface area contributed by atoms with E-state index in [2.05, 4.69) is 190 Å². The summed E-state index contributed by atoms with van der Waals surface area (Å²) in [6.45, 7) is 4.65. The van der Waals surface area contributed by atoms with Gasteiger partial charge in [0, 0.05) is 32.9 Å². The molecule has 8 aromatic carbocycles. The van der Waals surface area contributed by atoms with Crippen molar-refractivity contribution >= 4 is 21.9 Å². The molecule has 0 bridgehead atoms. The summed E-state index contributed by atoms with van der Waals surface area (Å²) in [5.74, 6) is 0.695. The summed E-state index contributed by atoms with van der Waals surface area (Å²) >= 11 is 0. The maximum atomic E-state index is 6.24. The van der Waals surface area contributed by atoms with Crippen LogP contribution in [0.4, 0.5) is 0 Å². The summed E-state index contributed by atoms with van der Waals surface area (Å²) in [4.78, 5) is 10.7. The largest absolute Gasteiger partial charge is 0.456 e. The Morgan fingerprint density at radius 3 is 1.72 bits per heavy atom. The molecule has 0 radical (unpaired) electrons. The Balaban J connectivity index is 1.15. The minimum Gasteiger partial charge on any atom is -0.456 e. The zero-order chi connectivity index (χ0) is 38.8. The molecule has 274 valence electrons. The lowest BCUT2D eigenvalue weighted by molar-refractivity contribution is 0.660. The molecule has 2 aromatic heterocycles. The standard InChI is InChI=1S/C55H38N2O/c1-55(2)47-24-11-9-22-44(47)53-45(23-14-25-48(53)55)50-34-49(56-54(57-50)36-17-7-4-8-18-36)42-31-40(38-20-13-19-37(29-38)35-15-5-3-6-16-35)30-41(32-42)39-27-28-52-46(33-39)43-21-10-12-26-51(43)58-52/h3-34H,1-2H3.